The van der Waals surface area contributed by atoms with Crippen molar-refractivity contribution in [2.24, 2.45) is 11.7 Å². The molecule has 1 aliphatic rings. The molecule has 1 fully saturated rings. The number of carbonyl (C=O) groups is 1. The predicted octanol–water partition coefficient (Wildman–Crippen LogP) is 1.98. The zero-order valence-electron chi connectivity index (χ0n) is 8.73. The summed E-state index contributed by atoms with van der Waals surface area (Å²) in [5, 5.41) is 0. The zero-order valence-corrected chi connectivity index (χ0v) is 10.3. The first kappa shape index (κ1) is 11.4. The lowest BCUT2D eigenvalue weighted by Crippen LogP contribution is -2.45. The van der Waals surface area contributed by atoms with Crippen molar-refractivity contribution in [1.29, 1.82) is 0 Å². The molecular weight excluding hydrogens is 272 g/mol. The van der Waals surface area contributed by atoms with E-state index in [2.05, 4.69) is 15.9 Å². The van der Waals surface area contributed by atoms with Crippen LogP contribution in [0.5, 0.6) is 0 Å². The minimum Gasteiger partial charge on any atom is -0.449 e. The van der Waals surface area contributed by atoms with Gasteiger partial charge in [0.1, 0.15) is 0 Å². The molecule has 4 nitrogen and oxygen atoms in total. The molecule has 5 heteroatoms. The van der Waals surface area contributed by atoms with E-state index >= 15 is 0 Å². The summed E-state index contributed by atoms with van der Waals surface area (Å²) in [5.74, 6) is 0.205. The van der Waals surface area contributed by atoms with Gasteiger partial charge >= 0.3 is 6.09 Å². The lowest BCUT2D eigenvalue weighted by atomic mass is 10.1. The van der Waals surface area contributed by atoms with Crippen molar-refractivity contribution in [3.8, 4) is 0 Å². The third-order valence-corrected chi connectivity index (χ3v) is 3.05. The number of benzene rings is 1. The third kappa shape index (κ3) is 2.36. The standard InChI is InChI=1S/C11H13BrN2O2/c12-9-2-1-3-10(4-9)14-6-8(5-13)7-16-11(14)15/h1-4,8H,5-7,13H2. The molecular formula is C11H13BrN2O2. The number of cyclic esters (lactones) is 1. The largest absolute Gasteiger partial charge is 0.449 e. The number of hydrogen-bond acceptors (Lipinski definition) is 3. The van der Waals surface area contributed by atoms with Crippen molar-refractivity contribution in [2.75, 3.05) is 24.6 Å². The molecule has 1 heterocycles. The van der Waals surface area contributed by atoms with Gasteiger partial charge in [-0.2, -0.15) is 0 Å². The van der Waals surface area contributed by atoms with Crippen molar-refractivity contribution in [1.82, 2.24) is 0 Å². The summed E-state index contributed by atoms with van der Waals surface area (Å²) in [4.78, 5) is 13.2. The summed E-state index contributed by atoms with van der Waals surface area (Å²) in [6.07, 6.45) is -0.303. The van der Waals surface area contributed by atoms with Gasteiger partial charge in [0.25, 0.3) is 0 Å². The second kappa shape index (κ2) is 4.84. The first-order chi connectivity index (χ1) is 7.70. The molecule has 2 rings (SSSR count). The molecule has 1 amide bonds. The number of amides is 1. The van der Waals surface area contributed by atoms with Crippen LogP contribution in [-0.4, -0.2) is 25.8 Å². The van der Waals surface area contributed by atoms with E-state index in [1.807, 2.05) is 24.3 Å². The van der Waals surface area contributed by atoms with E-state index in [1.165, 1.54) is 0 Å². The molecule has 0 radical (unpaired) electrons. The Labute approximate surface area is 102 Å². The average Bonchev–Trinajstić information content (AvgIpc) is 2.30. The van der Waals surface area contributed by atoms with Gasteiger partial charge in [0.2, 0.25) is 0 Å². The summed E-state index contributed by atoms with van der Waals surface area (Å²) in [6, 6.07) is 7.57. The van der Waals surface area contributed by atoms with Gasteiger partial charge in [-0.3, -0.25) is 4.90 Å². The zero-order chi connectivity index (χ0) is 11.5. The fraction of sp³-hybridized carbons (Fsp3) is 0.364. The summed E-state index contributed by atoms with van der Waals surface area (Å²) in [5.41, 5.74) is 6.42. The number of hydrogen-bond donors (Lipinski definition) is 1. The maximum atomic E-state index is 11.6. The van der Waals surface area contributed by atoms with Gasteiger partial charge in [-0.15, -0.1) is 0 Å². The Kier molecular flexibility index (Phi) is 3.46. The van der Waals surface area contributed by atoms with Crippen molar-refractivity contribution < 1.29 is 9.53 Å². The van der Waals surface area contributed by atoms with Crippen molar-refractivity contribution in [3.05, 3.63) is 28.7 Å². The predicted molar refractivity (Wildman–Crippen MR) is 65.4 cm³/mol. The molecule has 2 N–H and O–H groups in total. The molecule has 1 aliphatic heterocycles. The number of ether oxygens (including phenoxy) is 1. The monoisotopic (exact) mass is 284 g/mol. The Morgan fingerprint density at radius 1 is 1.56 bits per heavy atom. The number of carbonyl (C=O) groups excluding carboxylic acids is 1. The van der Waals surface area contributed by atoms with E-state index in [9.17, 15) is 4.79 Å². The number of nitrogens with zero attached hydrogens (tertiary/aromatic N) is 1. The van der Waals surface area contributed by atoms with Crippen LogP contribution in [0.4, 0.5) is 10.5 Å². The molecule has 1 aromatic rings. The Bertz CT molecular complexity index is 397. The van der Waals surface area contributed by atoms with E-state index in [4.69, 9.17) is 10.5 Å². The van der Waals surface area contributed by atoms with Gasteiger partial charge in [0.15, 0.2) is 0 Å². The van der Waals surface area contributed by atoms with Crippen molar-refractivity contribution in [3.63, 3.8) is 0 Å². The lowest BCUT2D eigenvalue weighted by Gasteiger charge is -2.31. The highest BCUT2D eigenvalue weighted by molar-refractivity contribution is 9.10. The first-order valence-corrected chi connectivity index (χ1v) is 5.90. The van der Waals surface area contributed by atoms with Crippen LogP contribution in [0.2, 0.25) is 0 Å². The molecule has 0 saturated carbocycles. The van der Waals surface area contributed by atoms with Gasteiger partial charge in [-0.25, -0.2) is 4.79 Å². The number of rotatable bonds is 2. The van der Waals surface area contributed by atoms with Crippen LogP contribution in [0.25, 0.3) is 0 Å². The van der Waals surface area contributed by atoms with E-state index in [0.717, 1.165) is 10.2 Å². The SMILES string of the molecule is NCC1COC(=O)N(c2cccc(Br)c2)C1. The smallest absolute Gasteiger partial charge is 0.414 e. The highest BCUT2D eigenvalue weighted by Crippen LogP contribution is 2.23. The topological polar surface area (TPSA) is 55.6 Å². The molecule has 0 bridgehead atoms. The van der Waals surface area contributed by atoms with E-state index in [-0.39, 0.29) is 12.0 Å². The van der Waals surface area contributed by atoms with Crippen LogP contribution < -0.4 is 10.6 Å². The Morgan fingerprint density at radius 3 is 3.06 bits per heavy atom. The summed E-state index contributed by atoms with van der Waals surface area (Å²) in [6.45, 7) is 1.56. The molecule has 0 spiro atoms. The van der Waals surface area contributed by atoms with Crippen LogP contribution in [0.3, 0.4) is 0 Å². The highest BCUT2D eigenvalue weighted by Gasteiger charge is 2.27. The molecule has 1 aromatic carbocycles. The van der Waals surface area contributed by atoms with Crippen LogP contribution >= 0.6 is 15.9 Å². The fourth-order valence-electron chi connectivity index (χ4n) is 1.65. The molecule has 0 aliphatic carbocycles. The molecule has 86 valence electrons. The van der Waals surface area contributed by atoms with Gasteiger partial charge in [0, 0.05) is 29.2 Å². The molecule has 1 atom stereocenters. The van der Waals surface area contributed by atoms with Gasteiger partial charge in [0.05, 0.1) is 6.61 Å². The maximum Gasteiger partial charge on any atom is 0.414 e. The summed E-state index contributed by atoms with van der Waals surface area (Å²) in [7, 11) is 0. The molecule has 1 saturated heterocycles. The number of nitrogens with two attached hydrogens (primary N) is 1. The normalized spacial score (nSPS) is 20.8. The second-order valence-corrected chi connectivity index (χ2v) is 4.68. The van der Waals surface area contributed by atoms with Crippen molar-refractivity contribution >= 4 is 27.7 Å². The van der Waals surface area contributed by atoms with Crippen LogP contribution in [0.15, 0.2) is 28.7 Å². The van der Waals surface area contributed by atoms with E-state index in [0.29, 0.717) is 19.7 Å². The quantitative estimate of drug-likeness (QED) is 0.904. The minimum absolute atomic E-state index is 0.205. The van der Waals surface area contributed by atoms with Gasteiger partial charge < -0.3 is 10.5 Å². The van der Waals surface area contributed by atoms with Crippen LogP contribution in [-0.2, 0) is 4.74 Å². The summed E-state index contributed by atoms with van der Waals surface area (Å²) >= 11 is 3.38. The number of halogens is 1. The maximum absolute atomic E-state index is 11.6. The van der Waals surface area contributed by atoms with Gasteiger partial charge in [-0.1, -0.05) is 22.0 Å². The minimum atomic E-state index is -0.303. The average molecular weight is 285 g/mol. The highest BCUT2D eigenvalue weighted by atomic mass is 79.9. The Morgan fingerprint density at radius 2 is 2.38 bits per heavy atom. The molecule has 0 aromatic heterocycles. The fourth-order valence-corrected chi connectivity index (χ4v) is 2.04. The Balaban J connectivity index is 2.21. The molecule has 16 heavy (non-hydrogen) atoms. The first-order valence-electron chi connectivity index (χ1n) is 5.10. The Hall–Kier alpha value is -1.07. The second-order valence-electron chi connectivity index (χ2n) is 3.77. The van der Waals surface area contributed by atoms with Crippen LogP contribution in [0, 0.1) is 5.92 Å². The lowest BCUT2D eigenvalue weighted by molar-refractivity contribution is 0.117. The van der Waals surface area contributed by atoms with E-state index in [1.54, 1.807) is 4.90 Å². The van der Waals surface area contributed by atoms with Crippen LogP contribution in [0.1, 0.15) is 0 Å². The number of anilines is 1. The summed E-state index contributed by atoms with van der Waals surface area (Å²) < 4.78 is 6.02. The van der Waals surface area contributed by atoms with Crippen molar-refractivity contribution in [2.45, 2.75) is 0 Å². The third-order valence-electron chi connectivity index (χ3n) is 2.56. The molecule has 1 unspecified atom stereocenters. The van der Waals surface area contributed by atoms with Gasteiger partial charge in [-0.05, 0) is 18.2 Å². The van der Waals surface area contributed by atoms with E-state index < -0.39 is 0 Å².